The quantitative estimate of drug-likeness (QED) is 0.587. The summed E-state index contributed by atoms with van der Waals surface area (Å²) in [5, 5.41) is 3.65. The molecule has 1 aliphatic heterocycles. The molecule has 2 heterocycles. The lowest BCUT2D eigenvalue weighted by Crippen LogP contribution is -2.55. The third-order valence-electron chi connectivity index (χ3n) is 5.87. The van der Waals surface area contributed by atoms with Gasteiger partial charge in [0.05, 0.1) is 21.1 Å². The summed E-state index contributed by atoms with van der Waals surface area (Å²) in [7, 11) is 0. The van der Waals surface area contributed by atoms with Crippen molar-refractivity contribution < 1.29 is 14.4 Å². The van der Waals surface area contributed by atoms with Crippen molar-refractivity contribution in [2.75, 3.05) is 26.2 Å². The first-order valence-corrected chi connectivity index (χ1v) is 11.6. The topological polar surface area (TPSA) is 82.6 Å². The van der Waals surface area contributed by atoms with Gasteiger partial charge in [0, 0.05) is 38.1 Å². The predicted molar refractivity (Wildman–Crippen MR) is 121 cm³/mol. The summed E-state index contributed by atoms with van der Waals surface area (Å²) in [6.45, 7) is 5.30. The molecule has 1 aliphatic carbocycles. The third-order valence-corrected chi connectivity index (χ3v) is 7.04. The van der Waals surface area contributed by atoms with Crippen LogP contribution in [0.4, 0.5) is 0 Å². The second-order valence-electron chi connectivity index (χ2n) is 8.42. The van der Waals surface area contributed by atoms with Crippen molar-refractivity contribution in [3.8, 4) is 0 Å². The molecule has 1 fully saturated rings. The molecule has 2 atom stereocenters. The van der Waals surface area contributed by atoms with Gasteiger partial charge in [0.25, 0.3) is 0 Å². The first-order valence-electron chi connectivity index (χ1n) is 10.8. The van der Waals surface area contributed by atoms with E-state index in [9.17, 15) is 14.4 Å². The Bertz CT molecular complexity index is 974. The maximum Gasteiger partial charge on any atom is 0.312 e. The van der Waals surface area contributed by atoms with Crippen LogP contribution >= 0.6 is 11.3 Å². The number of rotatable bonds is 3. The maximum absolute atomic E-state index is 13.4. The fourth-order valence-corrected chi connectivity index (χ4v) is 5.39. The number of para-hydroxylation sites is 1. The molecule has 1 aromatic carbocycles. The van der Waals surface area contributed by atoms with Gasteiger partial charge in [-0.1, -0.05) is 24.3 Å². The number of benzene rings is 1. The Hall–Kier alpha value is -2.74. The zero-order valence-corrected chi connectivity index (χ0v) is 18.7. The van der Waals surface area contributed by atoms with Crippen LogP contribution in [-0.2, 0) is 14.4 Å². The first kappa shape index (κ1) is 21.5. The van der Waals surface area contributed by atoms with Crippen LogP contribution in [0.2, 0.25) is 0 Å². The summed E-state index contributed by atoms with van der Waals surface area (Å²) in [6, 6.07) is 7.99. The van der Waals surface area contributed by atoms with Crippen LogP contribution in [0.3, 0.4) is 0 Å². The lowest BCUT2D eigenvalue weighted by molar-refractivity contribution is -0.149. The van der Waals surface area contributed by atoms with E-state index in [4.69, 9.17) is 4.98 Å². The number of fused-ring (bicyclic) bond motifs is 1. The van der Waals surface area contributed by atoms with Gasteiger partial charge >= 0.3 is 11.8 Å². The summed E-state index contributed by atoms with van der Waals surface area (Å²) in [5.74, 6) is -1.05. The van der Waals surface area contributed by atoms with Crippen molar-refractivity contribution in [2.45, 2.75) is 38.6 Å². The standard InChI is InChI=1S/C23H28N4O3S/c1-15(2)24-20(28)23(30)27-13-11-26(12-14-27)22(29)17-8-4-3-7-16(17)21-25-18-9-5-6-10-19(18)31-21/h3-6,9-10,15-17H,7-8,11-14H2,1-2H3,(H,24,28). The number of carbonyl (C=O) groups excluding carboxylic acids is 3. The van der Waals surface area contributed by atoms with Crippen LogP contribution < -0.4 is 5.32 Å². The summed E-state index contributed by atoms with van der Waals surface area (Å²) in [5.41, 5.74) is 0.982. The smallest absolute Gasteiger partial charge is 0.312 e. The SMILES string of the molecule is CC(C)NC(=O)C(=O)N1CCN(C(=O)C2CC=CCC2c2nc3ccccc3s2)CC1. The Morgan fingerprint density at radius 2 is 1.71 bits per heavy atom. The number of piperazine rings is 1. The number of hydrogen-bond donors (Lipinski definition) is 1. The van der Waals surface area contributed by atoms with E-state index in [1.807, 2.05) is 36.9 Å². The summed E-state index contributed by atoms with van der Waals surface area (Å²) in [4.78, 5) is 45.9. The number of allylic oxidation sites excluding steroid dienone is 2. The van der Waals surface area contributed by atoms with E-state index in [0.717, 1.165) is 21.6 Å². The molecule has 1 N–H and O–H groups in total. The molecule has 2 aromatic rings. The minimum absolute atomic E-state index is 0.0754. The van der Waals surface area contributed by atoms with E-state index >= 15 is 0 Å². The average molecular weight is 441 g/mol. The Morgan fingerprint density at radius 3 is 2.42 bits per heavy atom. The van der Waals surface area contributed by atoms with E-state index in [-0.39, 0.29) is 23.8 Å². The Labute approximate surface area is 186 Å². The van der Waals surface area contributed by atoms with Gasteiger partial charge in [0.2, 0.25) is 5.91 Å². The van der Waals surface area contributed by atoms with Crippen LogP contribution in [0, 0.1) is 5.92 Å². The number of thiazole rings is 1. The maximum atomic E-state index is 13.4. The van der Waals surface area contributed by atoms with Gasteiger partial charge in [-0.25, -0.2) is 4.98 Å². The molecule has 0 radical (unpaired) electrons. The zero-order chi connectivity index (χ0) is 22.0. The second-order valence-corrected chi connectivity index (χ2v) is 9.48. The fourth-order valence-electron chi connectivity index (χ4n) is 4.24. The molecule has 0 bridgehead atoms. The van der Waals surface area contributed by atoms with Crippen molar-refractivity contribution in [2.24, 2.45) is 5.92 Å². The highest BCUT2D eigenvalue weighted by Gasteiger charge is 2.36. The highest BCUT2D eigenvalue weighted by molar-refractivity contribution is 7.18. The highest BCUT2D eigenvalue weighted by Crippen LogP contribution is 2.39. The molecule has 4 rings (SSSR count). The van der Waals surface area contributed by atoms with E-state index in [1.165, 1.54) is 4.90 Å². The predicted octanol–water partition coefficient (Wildman–Crippen LogP) is 2.54. The molecule has 1 aromatic heterocycles. The molecule has 164 valence electrons. The van der Waals surface area contributed by atoms with E-state index in [2.05, 4.69) is 23.5 Å². The first-order chi connectivity index (χ1) is 14.9. The van der Waals surface area contributed by atoms with Crippen LogP contribution in [0.15, 0.2) is 36.4 Å². The van der Waals surface area contributed by atoms with Gasteiger partial charge in [-0.05, 0) is 38.8 Å². The number of aromatic nitrogens is 1. The molecule has 1 saturated heterocycles. The van der Waals surface area contributed by atoms with E-state index in [0.29, 0.717) is 32.6 Å². The van der Waals surface area contributed by atoms with Gasteiger partial charge < -0.3 is 15.1 Å². The molecular formula is C23H28N4O3S. The van der Waals surface area contributed by atoms with Gasteiger partial charge in [0.1, 0.15) is 0 Å². The summed E-state index contributed by atoms with van der Waals surface area (Å²) in [6.07, 6.45) is 5.74. The second kappa shape index (κ2) is 9.18. The number of nitrogens with one attached hydrogen (secondary N) is 1. The van der Waals surface area contributed by atoms with Crippen molar-refractivity contribution in [3.63, 3.8) is 0 Å². The van der Waals surface area contributed by atoms with E-state index in [1.54, 1.807) is 11.3 Å². The van der Waals surface area contributed by atoms with Crippen molar-refractivity contribution in [3.05, 3.63) is 41.4 Å². The van der Waals surface area contributed by atoms with Crippen LogP contribution in [0.1, 0.15) is 37.6 Å². The van der Waals surface area contributed by atoms with E-state index < -0.39 is 11.8 Å². The Balaban J connectivity index is 1.42. The number of amides is 3. The number of nitrogens with zero attached hydrogens (tertiary/aromatic N) is 3. The summed E-state index contributed by atoms with van der Waals surface area (Å²) < 4.78 is 1.14. The van der Waals surface area contributed by atoms with Gasteiger partial charge in [-0.2, -0.15) is 0 Å². The van der Waals surface area contributed by atoms with Crippen LogP contribution in [0.5, 0.6) is 0 Å². The molecule has 3 amide bonds. The zero-order valence-electron chi connectivity index (χ0n) is 17.9. The van der Waals surface area contributed by atoms with Crippen molar-refractivity contribution in [1.29, 1.82) is 0 Å². The molecule has 8 heteroatoms. The number of carbonyl (C=O) groups is 3. The monoisotopic (exact) mass is 440 g/mol. The average Bonchev–Trinajstić information content (AvgIpc) is 3.22. The highest BCUT2D eigenvalue weighted by atomic mass is 32.1. The molecule has 0 spiro atoms. The molecule has 2 aliphatic rings. The van der Waals surface area contributed by atoms with Crippen molar-refractivity contribution >= 4 is 39.3 Å². The minimum Gasteiger partial charge on any atom is -0.346 e. The number of hydrogen-bond acceptors (Lipinski definition) is 5. The molecule has 7 nitrogen and oxygen atoms in total. The van der Waals surface area contributed by atoms with Gasteiger partial charge in [-0.3, -0.25) is 14.4 Å². The van der Waals surface area contributed by atoms with Gasteiger partial charge in [0.15, 0.2) is 0 Å². The molecular weight excluding hydrogens is 412 g/mol. The minimum atomic E-state index is -0.580. The van der Waals surface area contributed by atoms with Crippen molar-refractivity contribution in [1.82, 2.24) is 20.1 Å². The molecule has 2 unspecified atom stereocenters. The normalized spacial score (nSPS) is 21.5. The fraction of sp³-hybridized carbons (Fsp3) is 0.478. The van der Waals surface area contributed by atoms with Crippen LogP contribution in [0.25, 0.3) is 10.2 Å². The third kappa shape index (κ3) is 4.63. The Morgan fingerprint density at radius 1 is 1.03 bits per heavy atom. The lowest BCUT2D eigenvalue weighted by atomic mass is 9.82. The van der Waals surface area contributed by atoms with Crippen LogP contribution in [-0.4, -0.2) is 64.7 Å². The lowest BCUT2D eigenvalue weighted by Gasteiger charge is -2.38. The van der Waals surface area contributed by atoms with Gasteiger partial charge in [-0.15, -0.1) is 11.3 Å². The summed E-state index contributed by atoms with van der Waals surface area (Å²) >= 11 is 1.67. The molecule has 0 saturated carbocycles. The molecule has 31 heavy (non-hydrogen) atoms. The Kier molecular flexibility index (Phi) is 6.36. The largest absolute Gasteiger partial charge is 0.346 e.